The monoisotopic (exact) mass is 650 g/mol. The summed E-state index contributed by atoms with van der Waals surface area (Å²) in [5.74, 6) is -2.91. The molecule has 2 aromatic carbocycles. The number of hydrogen-bond acceptors (Lipinski definition) is 7. The fraction of sp³-hybridized carbons (Fsp3) is 0.538. The average molecular weight is 651 g/mol. The van der Waals surface area contributed by atoms with E-state index >= 15 is 0 Å². The predicted octanol–water partition coefficient (Wildman–Crippen LogP) is 6.07. The third-order valence-electron chi connectivity index (χ3n) is 6.97. The van der Waals surface area contributed by atoms with E-state index in [-0.39, 0.29) is 25.5 Å². The third-order valence-corrected chi connectivity index (χ3v) is 8.10. The molecule has 0 N–H and O–H groups in total. The molecule has 1 aliphatic rings. The summed E-state index contributed by atoms with van der Waals surface area (Å²) in [6.07, 6.45) is -10.4. The van der Waals surface area contributed by atoms with Crippen molar-refractivity contribution in [1.82, 2.24) is 0 Å². The highest BCUT2D eigenvalue weighted by Crippen LogP contribution is 2.46. The maximum atomic E-state index is 13.8. The largest absolute Gasteiger partial charge is 0.416 e. The van der Waals surface area contributed by atoms with Crippen molar-refractivity contribution in [3.63, 3.8) is 0 Å². The Morgan fingerprint density at radius 3 is 1.79 bits per heavy atom. The van der Waals surface area contributed by atoms with Crippen LogP contribution < -0.4 is 0 Å². The van der Waals surface area contributed by atoms with Crippen molar-refractivity contribution in [3.8, 4) is 0 Å². The molecule has 236 valence electrons. The average Bonchev–Trinajstić information content (AvgIpc) is 2.85. The zero-order chi connectivity index (χ0) is 31.7. The summed E-state index contributed by atoms with van der Waals surface area (Å²) in [6.45, 7) is 0.437. The van der Waals surface area contributed by atoms with Crippen molar-refractivity contribution in [2.45, 2.75) is 50.2 Å². The molecule has 0 bridgehead atoms. The highest BCUT2D eigenvalue weighted by atomic mass is 32.2. The standard InChI is InChI=1S/C26H29F7O7S2/c1-15(18-10-19(25(28,29)30)12-20(11-18)26(31,32)33)40-23-9-6-17(13-38-41(2,34)35)22(14-39-42(3,36)37)24(23)16-4-7-21(27)8-5-16/h4-5,7-8,10-12,15,17,22-24H,6,9,13-14H2,1-3H3/t15-,17-,22-,23+,24+/m1/s1. The van der Waals surface area contributed by atoms with Gasteiger partial charge < -0.3 is 4.74 Å². The number of halogens is 7. The summed E-state index contributed by atoms with van der Waals surface area (Å²) in [7, 11) is -7.90. The lowest BCUT2D eigenvalue weighted by Gasteiger charge is -2.43. The lowest BCUT2D eigenvalue weighted by molar-refractivity contribution is -0.143. The van der Waals surface area contributed by atoms with Gasteiger partial charge in [-0.05, 0) is 73.1 Å². The van der Waals surface area contributed by atoms with E-state index in [9.17, 15) is 47.6 Å². The second-order valence-corrected chi connectivity index (χ2v) is 13.5. The number of hydrogen-bond donors (Lipinski definition) is 0. The molecule has 0 aromatic heterocycles. The molecule has 0 heterocycles. The van der Waals surface area contributed by atoms with Gasteiger partial charge in [0.2, 0.25) is 0 Å². The van der Waals surface area contributed by atoms with Gasteiger partial charge in [-0.25, -0.2) is 4.39 Å². The lowest BCUT2D eigenvalue weighted by Crippen LogP contribution is -2.42. The summed E-state index contributed by atoms with van der Waals surface area (Å²) >= 11 is 0. The topological polar surface area (TPSA) is 96.0 Å². The van der Waals surface area contributed by atoms with Crippen molar-refractivity contribution in [2.24, 2.45) is 11.8 Å². The molecule has 1 aliphatic carbocycles. The van der Waals surface area contributed by atoms with E-state index in [0.717, 1.165) is 24.6 Å². The van der Waals surface area contributed by atoms with Gasteiger partial charge in [0, 0.05) is 5.92 Å². The second kappa shape index (κ2) is 12.8. The Morgan fingerprint density at radius 2 is 1.31 bits per heavy atom. The first-order valence-electron chi connectivity index (χ1n) is 12.5. The Labute approximate surface area is 239 Å². The molecule has 1 fully saturated rings. The summed E-state index contributed by atoms with van der Waals surface area (Å²) in [5.41, 5.74) is -3.03. The van der Waals surface area contributed by atoms with Crippen LogP contribution in [0.15, 0.2) is 42.5 Å². The molecule has 2 aromatic rings. The Kier molecular flexibility index (Phi) is 10.4. The van der Waals surface area contributed by atoms with Crippen molar-refractivity contribution in [3.05, 3.63) is 70.5 Å². The Morgan fingerprint density at radius 1 is 0.810 bits per heavy atom. The van der Waals surface area contributed by atoms with Crippen LogP contribution in [0.5, 0.6) is 0 Å². The van der Waals surface area contributed by atoms with E-state index in [1.54, 1.807) is 0 Å². The molecular weight excluding hydrogens is 621 g/mol. The molecule has 0 spiro atoms. The van der Waals surface area contributed by atoms with Crippen LogP contribution in [0, 0.1) is 17.7 Å². The summed E-state index contributed by atoms with van der Waals surface area (Å²) in [6, 6.07) is 6.10. The van der Waals surface area contributed by atoms with Gasteiger partial charge in [-0.1, -0.05) is 12.1 Å². The molecule has 0 unspecified atom stereocenters. The molecule has 0 saturated heterocycles. The third kappa shape index (κ3) is 9.62. The molecule has 0 amide bonds. The van der Waals surface area contributed by atoms with Crippen LogP contribution in [-0.2, 0) is 45.7 Å². The van der Waals surface area contributed by atoms with Crippen molar-refractivity contribution < 1.29 is 60.7 Å². The number of rotatable bonds is 10. The van der Waals surface area contributed by atoms with Crippen LogP contribution in [0.2, 0.25) is 0 Å². The SMILES string of the molecule is C[C@@H](O[C@H]1CC[C@H](COS(C)(=O)=O)[C@@H](COS(C)(=O)=O)[C@@H]1c1ccc(F)cc1)c1cc(C(F)(F)F)cc(C(F)(F)F)c1. The van der Waals surface area contributed by atoms with Crippen LogP contribution in [0.4, 0.5) is 30.7 Å². The highest BCUT2D eigenvalue weighted by Gasteiger charge is 2.43. The van der Waals surface area contributed by atoms with Crippen LogP contribution in [0.1, 0.15) is 54.0 Å². The van der Waals surface area contributed by atoms with Gasteiger partial charge in [0.1, 0.15) is 5.82 Å². The van der Waals surface area contributed by atoms with Crippen LogP contribution in [0.25, 0.3) is 0 Å². The predicted molar refractivity (Wildman–Crippen MR) is 137 cm³/mol. The van der Waals surface area contributed by atoms with Gasteiger partial charge in [0.25, 0.3) is 20.2 Å². The van der Waals surface area contributed by atoms with E-state index in [0.29, 0.717) is 17.7 Å². The minimum Gasteiger partial charge on any atom is -0.370 e. The number of ether oxygens (including phenoxy) is 1. The first-order valence-corrected chi connectivity index (χ1v) is 16.2. The minimum atomic E-state index is -5.07. The second-order valence-electron chi connectivity index (χ2n) is 10.2. The molecule has 5 atom stereocenters. The summed E-state index contributed by atoms with van der Waals surface area (Å²) in [5, 5.41) is 0. The zero-order valence-corrected chi connectivity index (χ0v) is 24.2. The molecule has 1 saturated carbocycles. The Bertz CT molecular complexity index is 1410. The smallest absolute Gasteiger partial charge is 0.370 e. The Hall–Kier alpha value is -2.27. The first kappa shape index (κ1) is 34.2. The maximum Gasteiger partial charge on any atom is 0.416 e. The highest BCUT2D eigenvalue weighted by molar-refractivity contribution is 7.86. The summed E-state index contributed by atoms with van der Waals surface area (Å²) < 4.78 is 158. The van der Waals surface area contributed by atoms with Gasteiger partial charge in [-0.2, -0.15) is 43.2 Å². The van der Waals surface area contributed by atoms with Crippen molar-refractivity contribution >= 4 is 20.2 Å². The van der Waals surface area contributed by atoms with Crippen LogP contribution >= 0.6 is 0 Å². The van der Waals surface area contributed by atoms with Gasteiger partial charge >= 0.3 is 12.4 Å². The van der Waals surface area contributed by atoms with Crippen LogP contribution in [0.3, 0.4) is 0 Å². The minimum absolute atomic E-state index is 0.00306. The molecular formula is C26H29F7O7S2. The molecule has 3 rings (SSSR count). The first-order chi connectivity index (χ1) is 19.1. The molecule has 0 aliphatic heterocycles. The number of alkyl halides is 6. The van der Waals surface area contributed by atoms with Crippen molar-refractivity contribution in [1.29, 1.82) is 0 Å². The van der Waals surface area contributed by atoms with Gasteiger partial charge in [0.05, 0.1) is 49.1 Å². The fourth-order valence-corrected chi connectivity index (χ4v) is 5.88. The van der Waals surface area contributed by atoms with Gasteiger partial charge in [-0.3, -0.25) is 8.37 Å². The Balaban J connectivity index is 2.04. The van der Waals surface area contributed by atoms with Gasteiger partial charge in [0.15, 0.2) is 0 Å². The van der Waals surface area contributed by atoms with Crippen LogP contribution in [-0.4, -0.2) is 48.7 Å². The maximum absolute atomic E-state index is 13.8. The normalized spacial score (nSPS) is 23.1. The fourth-order valence-electron chi connectivity index (χ4n) is 5.05. The molecule has 7 nitrogen and oxygen atoms in total. The summed E-state index contributed by atoms with van der Waals surface area (Å²) in [4.78, 5) is 0. The molecule has 16 heteroatoms. The molecule has 42 heavy (non-hydrogen) atoms. The van der Waals surface area contributed by atoms with E-state index in [2.05, 4.69) is 0 Å². The van der Waals surface area contributed by atoms with E-state index in [4.69, 9.17) is 13.1 Å². The van der Waals surface area contributed by atoms with E-state index in [1.807, 2.05) is 0 Å². The number of benzene rings is 2. The quantitative estimate of drug-likeness (QED) is 0.228. The van der Waals surface area contributed by atoms with Crippen molar-refractivity contribution in [2.75, 3.05) is 25.7 Å². The van der Waals surface area contributed by atoms with E-state index < -0.39 is 91.7 Å². The van der Waals surface area contributed by atoms with Gasteiger partial charge in [-0.15, -0.1) is 0 Å². The zero-order valence-electron chi connectivity index (χ0n) is 22.6. The van der Waals surface area contributed by atoms with E-state index in [1.165, 1.54) is 19.1 Å². The molecule has 0 radical (unpaired) electrons. The lowest BCUT2D eigenvalue weighted by atomic mass is 9.68.